The second-order valence-corrected chi connectivity index (χ2v) is 3.83. The summed E-state index contributed by atoms with van der Waals surface area (Å²) in [6.07, 6.45) is -0.00400. The van der Waals surface area contributed by atoms with Crippen LogP contribution in [0, 0.1) is 0 Å². The van der Waals surface area contributed by atoms with Gasteiger partial charge in [-0.05, 0) is 24.1 Å². The van der Waals surface area contributed by atoms with Crippen molar-refractivity contribution in [1.29, 1.82) is 0 Å². The lowest BCUT2D eigenvalue weighted by molar-refractivity contribution is -0.138. The molecule has 0 amide bonds. The predicted molar refractivity (Wildman–Crippen MR) is 65.8 cm³/mol. The molecule has 104 valence electrons. The largest absolute Gasteiger partial charge is 0.493 e. The van der Waals surface area contributed by atoms with Gasteiger partial charge in [0.1, 0.15) is 11.6 Å². The lowest BCUT2D eigenvalue weighted by Crippen LogP contribution is -2.32. The number of aromatic carboxylic acids is 1. The van der Waals surface area contributed by atoms with Crippen LogP contribution in [-0.4, -0.2) is 42.4 Å². The van der Waals surface area contributed by atoms with Gasteiger partial charge in [0.15, 0.2) is 11.5 Å². The first-order valence-corrected chi connectivity index (χ1v) is 5.37. The zero-order valence-corrected chi connectivity index (χ0v) is 10.5. The topological polar surface area (TPSA) is 119 Å². The fourth-order valence-corrected chi connectivity index (χ4v) is 1.64. The van der Waals surface area contributed by atoms with Crippen molar-refractivity contribution >= 4 is 11.9 Å². The van der Waals surface area contributed by atoms with Gasteiger partial charge in [0.25, 0.3) is 0 Å². The molecule has 0 aliphatic carbocycles. The van der Waals surface area contributed by atoms with E-state index in [-0.39, 0.29) is 23.5 Å². The molecule has 0 bridgehead atoms. The number of ether oxygens (including phenoxy) is 2. The predicted octanol–water partition coefficient (Wildman–Crippen LogP) is 0.356. The van der Waals surface area contributed by atoms with Gasteiger partial charge in [-0.25, -0.2) is 4.79 Å². The number of hydrogen-bond acceptors (Lipinski definition) is 5. The van der Waals surface area contributed by atoms with Crippen molar-refractivity contribution in [2.24, 2.45) is 5.73 Å². The molecule has 4 N–H and O–H groups in total. The van der Waals surface area contributed by atoms with Crippen molar-refractivity contribution in [2.45, 2.75) is 12.5 Å². The Bertz CT molecular complexity index is 499. The van der Waals surface area contributed by atoms with Crippen molar-refractivity contribution in [2.75, 3.05) is 14.2 Å². The van der Waals surface area contributed by atoms with Crippen molar-refractivity contribution in [3.63, 3.8) is 0 Å². The summed E-state index contributed by atoms with van der Waals surface area (Å²) in [4.78, 5) is 21.8. The highest BCUT2D eigenvalue weighted by Gasteiger charge is 2.20. The van der Waals surface area contributed by atoms with Crippen LogP contribution in [0.25, 0.3) is 0 Å². The average molecular weight is 269 g/mol. The van der Waals surface area contributed by atoms with Gasteiger partial charge in [0.2, 0.25) is 0 Å². The third-order valence-corrected chi connectivity index (χ3v) is 2.54. The van der Waals surface area contributed by atoms with Crippen molar-refractivity contribution in [3.05, 3.63) is 23.3 Å². The Labute approximate surface area is 109 Å². The number of hydrogen-bond donors (Lipinski definition) is 3. The Morgan fingerprint density at radius 2 is 1.89 bits per heavy atom. The molecule has 0 aliphatic rings. The van der Waals surface area contributed by atoms with Gasteiger partial charge in [-0.1, -0.05) is 0 Å². The van der Waals surface area contributed by atoms with E-state index in [1.807, 2.05) is 0 Å². The van der Waals surface area contributed by atoms with Gasteiger partial charge in [-0.2, -0.15) is 0 Å². The van der Waals surface area contributed by atoms with E-state index in [1.54, 1.807) is 0 Å². The van der Waals surface area contributed by atoms with Crippen LogP contribution in [0.1, 0.15) is 15.9 Å². The Morgan fingerprint density at radius 3 is 2.32 bits per heavy atom. The highest BCUT2D eigenvalue weighted by molar-refractivity contribution is 5.92. The minimum Gasteiger partial charge on any atom is -0.493 e. The first kappa shape index (κ1) is 14.8. The van der Waals surface area contributed by atoms with E-state index in [2.05, 4.69) is 0 Å². The van der Waals surface area contributed by atoms with Gasteiger partial charge in [-0.3, -0.25) is 4.79 Å². The maximum Gasteiger partial charge on any atom is 0.339 e. The van der Waals surface area contributed by atoms with Crippen molar-refractivity contribution in [1.82, 2.24) is 0 Å². The molecule has 1 atom stereocenters. The Balaban J connectivity index is 3.24. The first-order valence-electron chi connectivity index (χ1n) is 5.37. The molecule has 7 heteroatoms. The molecule has 7 nitrogen and oxygen atoms in total. The van der Waals surface area contributed by atoms with Crippen LogP contribution in [-0.2, 0) is 11.2 Å². The summed E-state index contributed by atoms with van der Waals surface area (Å²) in [5, 5.41) is 17.9. The highest BCUT2D eigenvalue weighted by Crippen LogP contribution is 2.33. The summed E-state index contributed by atoms with van der Waals surface area (Å²) in [7, 11) is 2.69. The van der Waals surface area contributed by atoms with E-state index in [0.29, 0.717) is 5.56 Å². The van der Waals surface area contributed by atoms with Crippen LogP contribution in [0.2, 0.25) is 0 Å². The molecular formula is C12H15NO6. The Morgan fingerprint density at radius 1 is 1.26 bits per heavy atom. The molecule has 1 aromatic carbocycles. The monoisotopic (exact) mass is 269 g/mol. The Hall–Kier alpha value is -2.28. The third kappa shape index (κ3) is 3.35. The molecule has 0 radical (unpaired) electrons. The molecule has 0 aromatic heterocycles. The fourth-order valence-electron chi connectivity index (χ4n) is 1.64. The molecule has 0 saturated carbocycles. The standard InChI is InChI=1S/C12H15NO6/c1-18-9-5-6(4-8(13)12(16)17)3-7(11(14)15)10(9)19-2/h3,5,8H,4,13H2,1-2H3,(H,14,15)(H,16,17). The minimum absolute atomic E-state index is 0.00400. The van der Waals surface area contributed by atoms with Gasteiger partial charge in [0.05, 0.1) is 14.2 Å². The van der Waals surface area contributed by atoms with E-state index in [1.165, 1.54) is 26.4 Å². The van der Waals surface area contributed by atoms with Crippen LogP contribution in [0.4, 0.5) is 0 Å². The second kappa shape index (κ2) is 6.05. The summed E-state index contributed by atoms with van der Waals surface area (Å²) < 4.78 is 10.0. The summed E-state index contributed by atoms with van der Waals surface area (Å²) in [6, 6.07) is 1.72. The molecule has 1 aromatic rings. The molecule has 0 fully saturated rings. The van der Waals surface area contributed by atoms with Crippen LogP contribution in [0.15, 0.2) is 12.1 Å². The van der Waals surface area contributed by atoms with Crippen LogP contribution in [0.3, 0.4) is 0 Å². The average Bonchev–Trinajstić information content (AvgIpc) is 2.37. The van der Waals surface area contributed by atoms with E-state index in [4.69, 9.17) is 25.4 Å². The van der Waals surface area contributed by atoms with E-state index in [0.717, 1.165) is 0 Å². The van der Waals surface area contributed by atoms with E-state index in [9.17, 15) is 9.59 Å². The van der Waals surface area contributed by atoms with Gasteiger partial charge in [-0.15, -0.1) is 0 Å². The number of carbonyl (C=O) groups is 2. The maximum absolute atomic E-state index is 11.1. The fraction of sp³-hybridized carbons (Fsp3) is 0.333. The summed E-state index contributed by atoms with van der Waals surface area (Å²) in [5.74, 6) is -2.05. The van der Waals surface area contributed by atoms with Crippen molar-refractivity contribution in [3.8, 4) is 11.5 Å². The van der Waals surface area contributed by atoms with E-state index < -0.39 is 18.0 Å². The van der Waals surface area contributed by atoms with Gasteiger partial charge < -0.3 is 25.4 Å². The van der Waals surface area contributed by atoms with Crippen molar-refractivity contribution < 1.29 is 29.3 Å². The number of nitrogens with two attached hydrogens (primary N) is 1. The van der Waals surface area contributed by atoms with Gasteiger partial charge in [0, 0.05) is 0 Å². The molecule has 1 unspecified atom stereocenters. The SMILES string of the molecule is COc1cc(CC(N)C(=O)O)cc(C(=O)O)c1OC. The quantitative estimate of drug-likeness (QED) is 0.681. The lowest BCUT2D eigenvalue weighted by atomic mass is 10.0. The number of benzene rings is 1. The summed E-state index contributed by atoms with van der Waals surface area (Å²) in [6.45, 7) is 0. The number of rotatable bonds is 6. The summed E-state index contributed by atoms with van der Waals surface area (Å²) in [5.41, 5.74) is 5.76. The first-order chi connectivity index (χ1) is 8.90. The van der Waals surface area contributed by atoms with Crippen LogP contribution >= 0.6 is 0 Å². The zero-order valence-electron chi connectivity index (χ0n) is 10.5. The highest BCUT2D eigenvalue weighted by atomic mass is 16.5. The molecule has 0 aliphatic heterocycles. The molecule has 1 rings (SSSR count). The molecule has 0 saturated heterocycles. The van der Waals surface area contributed by atoms with Gasteiger partial charge >= 0.3 is 11.9 Å². The number of carboxylic acids is 2. The molecule has 0 spiro atoms. The molecule has 19 heavy (non-hydrogen) atoms. The molecular weight excluding hydrogens is 254 g/mol. The smallest absolute Gasteiger partial charge is 0.339 e. The second-order valence-electron chi connectivity index (χ2n) is 3.83. The van der Waals surface area contributed by atoms with Crippen LogP contribution in [0.5, 0.6) is 11.5 Å². The maximum atomic E-state index is 11.1. The van der Waals surface area contributed by atoms with E-state index >= 15 is 0 Å². The lowest BCUT2D eigenvalue weighted by Gasteiger charge is -2.14. The minimum atomic E-state index is -1.19. The normalized spacial score (nSPS) is 11.7. The summed E-state index contributed by atoms with van der Waals surface area (Å²) >= 11 is 0. The third-order valence-electron chi connectivity index (χ3n) is 2.54. The number of methoxy groups -OCH3 is 2. The Kier molecular flexibility index (Phi) is 4.71. The molecule has 0 heterocycles. The number of carboxylic acid groups (broad SMARTS) is 2. The zero-order chi connectivity index (χ0) is 14.6. The number of aliphatic carboxylic acids is 1. The van der Waals surface area contributed by atoms with Crippen LogP contribution < -0.4 is 15.2 Å².